The molecule has 0 aliphatic carbocycles. The quantitative estimate of drug-likeness (QED) is 0.924. The Bertz CT molecular complexity index is 591. The number of thiazole rings is 1. The summed E-state index contributed by atoms with van der Waals surface area (Å²) in [5.74, 6) is 0.00964. The summed E-state index contributed by atoms with van der Waals surface area (Å²) < 4.78 is 5.49. The zero-order valence-corrected chi connectivity index (χ0v) is 12.6. The fourth-order valence-electron chi connectivity index (χ4n) is 2.36. The molecule has 3 rings (SSSR count). The molecule has 0 radical (unpaired) electrons. The number of amides is 1. The molecule has 1 aromatic carbocycles. The normalized spacial score (nSPS) is 17.8. The van der Waals surface area contributed by atoms with Crippen LogP contribution in [0.1, 0.15) is 18.5 Å². The summed E-state index contributed by atoms with van der Waals surface area (Å²) in [6.45, 7) is 1.42. The highest BCUT2D eigenvalue weighted by Crippen LogP contribution is 2.23. The van der Waals surface area contributed by atoms with Gasteiger partial charge in [0.15, 0.2) is 0 Å². The molecule has 2 aromatic rings. The lowest BCUT2D eigenvalue weighted by atomic mass is 10.2. The lowest BCUT2D eigenvalue weighted by Gasteiger charge is -2.09. The van der Waals surface area contributed by atoms with Gasteiger partial charge in [-0.15, -0.1) is 11.3 Å². The fraction of sp³-hybridized carbons (Fsp3) is 0.375. The molecule has 1 saturated heterocycles. The van der Waals surface area contributed by atoms with Crippen molar-refractivity contribution in [2.45, 2.75) is 25.4 Å². The van der Waals surface area contributed by atoms with E-state index in [9.17, 15) is 4.79 Å². The third kappa shape index (κ3) is 3.89. The van der Waals surface area contributed by atoms with Crippen LogP contribution in [0.4, 0.5) is 0 Å². The van der Waals surface area contributed by atoms with E-state index in [2.05, 4.69) is 10.3 Å². The number of hydrogen-bond acceptors (Lipinski definition) is 4. The van der Waals surface area contributed by atoms with Crippen molar-refractivity contribution in [3.05, 3.63) is 41.4 Å². The molecule has 1 aliphatic heterocycles. The van der Waals surface area contributed by atoms with Crippen LogP contribution in [0.25, 0.3) is 10.6 Å². The first-order valence-corrected chi connectivity index (χ1v) is 8.07. The highest BCUT2D eigenvalue weighted by atomic mass is 32.1. The summed E-state index contributed by atoms with van der Waals surface area (Å²) in [6.07, 6.45) is 2.64. The summed E-state index contributed by atoms with van der Waals surface area (Å²) in [6, 6.07) is 10.0. The van der Waals surface area contributed by atoms with Gasteiger partial charge in [-0.25, -0.2) is 4.98 Å². The minimum atomic E-state index is 0.00964. The van der Waals surface area contributed by atoms with Gasteiger partial charge in [-0.1, -0.05) is 30.3 Å². The number of ether oxygens (including phenoxy) is 1. The van der Waals surface area contributed by atoms with Crippen molar-refractivity contribution in [1.82, 2.24) is 10.3 Å². The van der Waals surface area contributed by atoms with E-state index >= 15 is 0 Å². The largest absolute Gasteiger partial charge is 0.376 e. The van der Waals surface area contributed by atoms with Crippen LogP contribution in [0.3, 0.4) is 0 Å². The molecule has 1 unspecified atom stereocenters. The second-order valence-electron chi connectivity index (χ2n) is 5.13. The number of carbonyl (C=O) groups is 1. The Hall–Kier alpha value is -1.72. The van der Waals surface area contributed by atoms with Crippen molar-refractivity contribution in [2.24, 2.45) is 0 Å². The Labute approximate surface area is 128 Å². The first-order valence-electron chi connectivity index (χ1n) is 7.19. The molecule has 0 spiro atoms. The molecule has 0 bridgehead atoms. The number of carbonyl (C=O) groups excluding carboxylic acids is 1. The zero-order chi connectivity index (χ0) is 14.5. The van der Waals surface area contributed by atoms with Crippen molar-refractivity contribution >= 4 is 17.2 Å². The lowest BCUT2D eigenvalue weighted by molar-refractivity contribution is -0.121. The molecule has 2 heterocycles. The number of nitrogens with one attached hydrogen (secondary N) is 1. The maximum absolute atomic E-state index is 11.9. The van der Waals surface area contributed by atoms with Crippen molar-refractivity contribution in [2.75, 3.05) is 13.2 Å². The van der Waals surface area contributed by atoms with E-state index < -0.39 is 0 Å². The van der Waals surface area contributed by atoms with Gasteiger partial charge in [-0.3, -0.25) is 4.79 Å². The minimum Gasteiger partial charge on any atom is -0.376 e. The first-order chi connectivity index (χ1) is 10.3. The lowest BCUT2D eigenvalue weighted by Crippen LogP contribution is -2.32. The third-order valence-corrected chi connectivity index (χ3v) is 4.41. The predicted octanol–water partition coefficient (Wildman–Crippen LogP) is 2.65. The maximum Gasteiger partial charge on any atom is 0.226 e. The van der Waals surface area contributed by atoms with Crippen LogP contribution < -0.4 is 5.32 Å². The average Bonchev–Trinajstić information content (AvgIpc) is 3.17. The zero-order valence-electron chi connectivity index (χ0n) is 11.7. The van der Waals surface area contributed by atoms with Gasteiger partial charge in [0.2, 0.25) is 5.91 Å². The van der Waals surface area contributed by atoms with E-state index in [-0.39, 0.29) is 12.0 Å². The van der Waals surface area contributed by atoms with Gasteiger partial charge < -0.3 is 10.1 Å². The Morgan fingerprint density at radius 3 is 3.00 bits per heavy atom. The van der Waals surface area contributed by atoms with Crippen LogP contribution in [0, 0.1) is 0 Å². The van der Waals surface area contributed by atoms with Gasteiger partial charge in [-0.05, 0) is 12.8 Å². The summed E-state index contributed by atoms with van der Waals surface area (Å²) in [4.78, 5) is 16.4. The Kier molecular flexibility index (Phi) is 4.62. The summed E-state index contributed by atoms with van der Waals surface area (Å²) in [5, 5.41) is 5.83. The molecule has 110 valence electrons. The van der Waals surface area contributed by atoms with Gasteiger partial charge in [0.1, 0.15) is 5.01 Å². The second-order valence-corrected chi connectivity index (χ2v) is 5.98. The average molecular weight is 302 g/mol. The minimum absolute atomic E-state index is 0.00964. The van der Waals surface area contributed by atoms with Crippen LogP contribution in [-0.2, 0) is 16.0 Å². The van der Waals surface area contributed by atoms with Crippen molar-refractivity contribution in [3.63, 3.8) is 0 Å². The molecule has 0 saturated carbocycles. The molecule has 1 aliphatic rings. The van der Waals surface area contributed by atoms with E-state index in [1.54, 1.807) is 11.3 Å². The van der Waals surface area contributed by atoms with Gasteiger partial charge in [0, 0.05) is 24.1 Å². The third-order valence-electron chi connectivity index (χ3n) is 3.47. The van der Waals surface area contributed by atoms with Gasteiger partial charge in [0.25, 0.3) is 0 Å². The van der Waals surface area contributed by atoms with E-state index in [4.69, 9.17) is 4.74 Å². The monoisotopic (exact) mass is 302 g/mol. The molecule has 1 atom stereocenters. The van der Waals surface area contributed by atoms with Crippen molar-refractivity contribution in [1.29, 1.82) is 0 Å². The van der Waals surface area contributed by atoms with Crippen molar-refractivity contribution in [3.8, 4) is 10.6 Å². The van der Waals surface area contributed by atoms with Gasteiger partial charge >= 0.3 is 0 Å². The van der Waals surface area contributed by atoms with Crippen LogP contribution in [0.15, 0.2) is 35.7 Å². The predicted molar refractivity (Wildman–Crippen MR) is 83.2 cm³/mol. The molecular formula is C16H18N2O2S. The molecule has 21 heavy (non-hydrogen) atoms. The van der Waals surface area contributed by atoms with Crippen LogP contribution in [0.5, 0.6) is 0 Å². The summed E-state index contributed by atoms with van der Waals surface area (Å²) in [5.41, 5.74) is 1.91. The summed E-state index contributed by atoms with van der Waals surface area (Å²) >= 11 is 1.57. The smallest absolute Gasteiger partial charge is 0.226 e. The van der Waals surface area contributed by atoms with E-state index in [1.807, 2.05) is 35.7 Å². The Balaban J connectivity index is 1.53. The van der Waals surface area contributed by atoms with E-state index in [0.29, 0.717) is 13.0 Å². The fourth-order valence-corrected chi connectivity index (χ4v) is 3.19. The standard InChI is InChI=1S/C16H18N2O2S/c19-15(17-10-14-7-4-8-20-14)9-13-11-21-16(18-13)12-5-2-1-3-6-12/h1-3,5-6,11,14H,4,7-10H2,(H,17,19). The number of nitrogens with zero attached hydrogens (tertiary/aromatic N) is 1. The molecule has 4 nitrogen and oxygen atoms in total. The van der Waals surface area contributed by atoms with Crippen LogP contribution >= 0.6 is 11.3 Å². The molecular weight excluding hydrogens is 284 g/mol. The molecule has 1 amide bonds. The Morgan fingerprint density at radius 1 is 1.38 bits per heavy atom. The number of rotatable bonds is 5. The molecule has 5 heteroatoms. The van der Waals surface area contributed by atoms with Crippen molar-refractivity contribution < 1.29 is 9.53 Å². The van der Waals surface area contributed by atoms with E-state index in [0.717, 1.165) is 35.7 Å². The highest BCUT2D eigenvalue weighted by Gasteiger charge is 2.16. The molecule has 1 N–H and O–H groups in total. The number of hydrogen-bond donors (Lipinski definition) is 1. The number of aromatic nitrogens is 1. The van der Waals surface area contributed by atoms with Gasteiger partial charge in [-0.2, -0.15) is 0 Å². The summed E-state index contributed by atoms with van der Waals surface area (Å²) in [7, 11) is 0. The Morgan fingerprint density at radius 2 is 2.24 bits per heavy atom. The van der Waals surface area contributed by atoms with Gasteiger partial charge in [0.05, 0.1) is 18.2 Å². The van der Waals surface area contributed by atoms with E-state index in [1.165, 1.54) is 0 Å². The topological polar surface area (TPSA) is 51.2 Å². The maximum atomic E-state index is 11.9. The van der Waals surface area contributed by atoms with Crippen LogP contribution in [-0.4, -0.2) is 30.1 Å². The molecule has 1 aromatic heterocycles. The van der Waals surface area contributed by atoms with Crippen LogP contribution in [0.2, 0.25) is 0 Å². The SMILES string of the molecule is O=C(Cc1csc(-c2ccccc2)n1)NCC1CCCO1. The molecule has 1 fully saturated rings. The second kappa shape index (κ2) is 6.83. The number of benzene rings is 1. The first kappa shape index (κ1) is 14.2. The highest BCUT2D eigenvalue weighted by molar-refractivity contribution is 7.13.